The van der Waals surface area contributed by atoms with E-state index in [1.165, 1.54) is 16.7 Å². The molecule has 1 saturated heterocycles. The van der Waals surface area contributed by atoms with Crippen molar-refractivity contribution in [3.05, 3.63) is 0 Å². The molecule has 0 atom stereocenters. The first-order valence-electron chi connectivity index (χ1n) is 2.19. The molecule has 8 heavy (non-hydrogen) atoms. The molecular weight excluding hydrogens is 124 g/mol. The Kier molecular flexibility index (Phi) is 1.25. The average Bonchev–Trinajstić information content (AvgIpc) is 1.98. The Labute approximate surface area is 51.6 Å². The first kappa shape index (κ1) is 5.62. The maximum atomic E-state index is 10.5. The highest BCUT2D eigenvalue weighted by atomic mass is 32.2. The predicted octanol–water partition coefficient (Wildman–Crippen LogP) is 0.762. The van der Waals surface area contributed by atoms with E-state index in [0.717, 1.165) is 0 Å². The Bertz CT molecular complexity index is 129. The van der Waals surface area contributed by atoms with Gasteiger partial charge in [0.1, 0.15) is 5.84 Å². The molecule has 1 N–H and O–H groups in total. The van der Waals surface area contributed by atoms with Crippen LogP contribution in [0.5, 0.6) is 0 Å². The van der Waals surface area contributed by atoms with Crippen molar-refractivity contribution in [1.82, 2.24) is 4.90 Å². The van der Waals surface area contributed by atoms with Gasteiger partial charge in [0.25, 0.3) is 5.24 Å². The van der Waals surface area contributed by atoms with Gasteiger partial charge < -0.3 is 0 Å². The monoisotopic (exact) mass is 130 g/mol. The molecule has 0 radical (unpaired) electrons. The van der Waals surface area contributed by atoms with Gasteiger partial charge in [-0.1, -0.05) is 11.8 Å². The number of amidine groups is 1. The van der Waals surface area contributed by atoms with E-state index in [4.69, 9.17) is 5.41 Å². The fourth-order valence-electron chi connectivity index (χ4n) is 0.434. The van der Waals surface area contributed by atoms with Crippen molar-refractivity contribution in [2.75, 3.05) is 12.8 Å². The van der Waals surface area contributed by atoms with Gasteiger partial charge in [-0.15, -0.1) is 0 Å². The summed E-state index contributed by atoms with van der Waals surface area (Å²) < 4.78 is 0. The van der Waals surface area contributed by atoms with Crippen molar-refractivity contribution in [3.8, 4) is 0 Å². The Morgan fingerprint density at radius 1 is 1.88 bits per heavy atom. The molecular formula is C4H6N2OS. The van der Waals surface area contributed by atoms with Gasteiger partial charge in [0.2, 0.25) is 0 Å². The zero-order valence-corrected chi connectivity index (χ0v) is 5.29. The fraction of sp³-hybridized carbons (Fsp3) is 0.500. The van der Waals surface area contributed by atoms with Gasteiger partial charge in [-0.2, -0.15) is 0 Å². The molecule has 0 aromatic carbocycles. The first-order valence-corrected chi connectivity index (χ1v) is 3.18. The molecule has 0 bridgehead atoms. The summed E-state index contributed by atoms with van der Waals surface area (Å²) >= 11 is 1.18. The maximum Gasteiger partial charge on any atom is 0.287 e. The van der Waals surface area contributed by atoms with Crippen molar-refractivity contribution < 1.29 is 4.79 Å². The third-order valence-corrected chi connectivity index (χ3v) is 1.95. The number of thioether (sulfide) groups is 1. The number of carbonyl (C=O) groups is 1. The molecule has 1 fully saturated rings. The molecule has 0 aliphatic carbocycles. The topological polar surface area (TPSA) is 44.2 Å². The molecule has 44 valence electrons. The Morgan fingerprint density at radius 3 is 2.62 bits per heavy atom. The summed E-state index contributed by atoms with van der Waals surface area (Å²) in [7, 11) is 1.62. The van der Waals surface area contributed by atoms with Crippen LogP contribution in [-0.2, 0) is 0 Å². The molecule has 0 saturated carbocycles. The van der Waals surface area contributed by atoms with Crippen LogP contribution in [0.2, 0.25) is 0 Å². The quantitative estimate of drug-likeness (QED) is 0.526. The van der Waals surface area contributed by atoms with Crippen molar-refractivity contribution in [1.29, 1.82) is 5.41 Å². The standard InChI is InChI=1S/C4H6N2OS/c1-6-3(5)2-8-4(6)7/h5H,2H2,1H3. The van der Waals surface area contributed by atoms with E-state index in [1.807, 2.05) is 0 Å². The predicted molar refractivity (Wildman–Crippen MR) is 33.3 cm³/mol. The maximum absolute atomic E-state index is 10.5. The lowest BCUT2D eigenvalue weighted by Crippen LogP contribution is -2.22. The van der Waals surface area contributed by atoms with Crippen LogP contribution in [0.25, 0.3) is 0 Å². The van der Waals surface area contributed by atoms with Crippen LogP contribution in [0.15, 0.2) is 0 Å². The number of hydrogen-bond acceptors (Lipinski definition) is 3. The highest BCUT2D eigenvalue weighted by Gasteiger charge is 2.21. The van der Waals surface area contributed by atoms with E-state index >= 15 is 0 Å². The van der Waals surface area contributed by atoms with Crippen LogP contribution in [0.1, 0.15) is 0 Å². The molecule has 1 heterocycles. The Hall–Kier alpha value is -0.510. The number of hydrogen-bond donors (Lipinski definition) is 1. The van der Waals surface area contributed by atoms with Crippen LogP contribution in [0.4, 0.5) is 4.79 Å². The summed E-state index contributed by atoms with van der Waals surface area (Å²) in [6.07, 6.45) is 0. The molecule has 1 aliphatic heterocycles. The summed E-state index contributed by atoms with van der Waals surface area (Å²) in [5, 5.41) is 7.05. The van der Waals surface area contributed by atoms with E-state index in [2.05, 4.69) is 0 Å². The van der Waals surface area contributed by atoms with Crippen molar-refractivity contribution >= 4 is 22.8 Å². The van der Waals surface area contributed by atoms with Gasteiger partial charge in [0, 0.05) is 7.05 Å². The van der Waals surface area contributed by atoms with Crippen LogP contribution < -0.4 is 0 Å². The minimum absolute atomic E-state index is 0.0185. The lowest BCUT2D eigenvalue weighted by molar-refractivity contribution is 0.250. The molecule has 0 aromatic heterocycles. The average molecular weight is 130 g/mol. The van der Waals surface area contributed by atoms with Gasteiger partial charge in [-0.05, 0) is 0 Å². The lowest BCUT2D eigenvalue weighted by Gasteiger charge is -2.03. The highest BCUT2D eigenvalue weighted by Crippen LogP contribution is 2.15. The van der Waals surface area contributed by atoms with Gasteiger partial charge >= 0.3 is 0 Å². The number of carbonyl (C=O) groups excluding carboxylic acids is 1. The van der Waals surface area contributed by atoms with Gasteiger partial charge in [0.15, 0.2) is 0 Å². The largest absolute Gasteiger partial charge is 0.294 e. The van der Waals surface area contributed by atoms with E-state index in [1.54, 1.807) is 7.05 Å². The van der Waals surface area contributed by atoms with Crippen molar-refractivity contribution in [2.24, 2.45) is 0 Å². The first-order chi connectivity index (χ1) is 3.72. The zero-order chi connectivity index (χ0) is 6.15. The second-order valence-electron chi connectivity index (χ2n) is 1.56. The number of rotatable bonds is 0. The third kappa shape index (κ3) is 0.709. The lowest BCUT2D eigenvalue weighted by atomic mass is 10.6. The summed E-state index contributed by atoms with van der Waals surface area (Å²) in [5.41, 5.74) is 0. The van der Waals surface area contributed by atoms with Crippen molar-refractivity contribution in [3.63, 3.8) is 0 Å². The van der Waals surface area contributed by atoms with E-state index < -0.39 is 0 Å². The zero-order valence-electron chi connectivity index (χ0n) is 4.47. The van der Waals surface area contributed by atoms with Crippen LogP contribution in [0, 0.1) is 5.41 Å². The minimum Gasteiger partial charge on any atom is -0.294 e. The molecule has 4 heteroatoms. The number of amides is 1. The second-order valence-corrected chi connectivity index (χ2v) is 2.49. The summed E-state index contributed by atoms with van der Waals surface area (Å²) in [6, 6.07) is 0. The van der Waals surface area contributed by atoms with E-state index in [0.29, 0.717) is 11.6 Å². The highest BCUT2D eigenvalue weighted by molar-refractivity contribution is 8.14. The van der Waals surface area contributed by atoms with Crippen LogP contribution in [-0.4, -0.2) is 28.8 Å². The van der Waals surface area contributed by atoms with E-state index in [-0.39, 0.29) is 5.24 Å². The molecule has 0 aromatic rings. The molecule has 0 spiro atoms. The van der Waals surface area contributed by atoms with Crippen LogP contribution in [0.3, 0.4) is 0 Å². The minimum atomic E-state index is -0.0185. The Morgan fingerprint density at radius 2 is 2.50 bits per heavy atom. The van der Waals surface area contributed by atoms with E-state index in [9.17, 15) is 4.79 Å². The van der Waals surface area contributed by atoms with Crippen molar-refractivity contribution in [2.45, 2.75) is 0 Å². The molecule has 0 unspecified atom stereocenters. The van der Waals surface area contributed by atoms with Gasteiger partial charge in [-0.3, -0.25) is 15.1 Å². The molecule has 1 aliphatic rings. The van der Waals surface area contributed by atoms with Gasteiger partial charge in [-0.25, -0.2) is 0 Å². The normalized spacial score (nSPS) is 20.4. The Balaban J connectivity index is 2.70. The van der Waals surface area contributed by atoms with Crippen LogP contribution >= 0.6 is 11.8 Å². The number of nitrogens with one attached hydrogen (secondary N) is 1. The summed E-state index contributed by atoms with van der Waals surface area (Å²) in [5.74, 6) is 0.940. The fourth-order valence-corrected chi connectivity index (χ4v) is 1.19. The number of nitrogens with zero attached hydrogens (tertiary/aromatic N) is 1. The van der Waals surface area contributed by atoms with Gasteiger partial charge in [0.05, 0.1) is 5.75 Å². The summed E-state index contributed by atoms with van der Waals surface area (Å²) in [6.45, 7) is 0. The molecule has 1 amide bonds. The summed E-state index contributed by atoms with van der Waals surface area (Å²) in [4.78, 5) is 11.9. The molecule has 1 rings (SSSR count). The smallest absolute Gasteiger partial charge is 0.287 e. The SMILES string of the molecule is CN1C(=N)CSC1=O. The third-order valence-electron chi connectivity index (χ3n) is 1.01. The molecule has 3 nitrogen and oxygen atoms in total. The second kappa shape index (κ2) is 1.78.